The van der Waals surface area contributed by atoms with Crippen LogP contribution in [0.3, 0.4) is 0 Å². The topological polar surface area (TPSA) is 25.5 Å². The molecule has 1 aliphatic rings. The van der Waals surface area contributed by atoms with Gasteiger partial charge in [0.15, 0.2) is 5.65 Å². The quantitative estimate of drug-likeness (QED) is 0.755. The summed E-state index contributed by atoms with van der Waals surface area (Å²) in [5.74, 6) is 0. The molecule has 0 spiro atoms. The molecule has 2 atom stereocenters. The first-order valence-corrected chi connectivity index (χ1v) is 8.33. The maximum absolute atomic E-state index is 6.21. The average Bonchev–Trinajstić information content (AvgIpc) is 2.72. The summed E-state index contributed by atoms with van der Waals surface area (Å²) in [6, 6.07) is 2.77. The number of likely N-dealkylation sites (tertiary alicyclic amines) is 1. The monoisotopic (exact) mass is 344 g/mol. The average molecular weight is 345 g/mol. The predicted octanol–water partition coefficient (Wildman–Crippen LogP) is 4.39. The normalized spacial score (nSPS) is 23.8. The van der Waals surface area contributed by atoms with Crippen molar-refractivity contribution in [2.45, 2.75) is 51.9 Å². The van der Waals surface area contributed by atoms with Crippen molar-refractivity contribution in [2.75, 3.05) is 0 Å². The van der Waals surface area contributed by atoms with E-state index in [1.807, 2.05) is 4.68 Å². The van der Waals surface area contributed by atoms with Crippen molar-refractivity contribution in [3.8, 4) is 0 Å². The third-order valence-electron chi connectivity index (χ3n) is 4.27. The summed E-state index contributed by atoms with van der Waals surface area (Å²) < 4.78 is 4.24. The van der Waals surface area contributed by atoms with Crippen molar-refractivity contribution < 1.29 is 0 Å². The molecule has 0 unspecified atom stereocenters. The Balaban J connectivity index is 1.99. The van der Waals surface area contributed by atoms with Crippen molar-refractivity contribution in [1.29, 1.82) is 0 Å². The van der Waals surface area contributed by atoms with Crippen LogP contribution in [0.15, 0.2) is 12.3 Å². The molecule has 1 fully saturated rings. The van der Waals surface area contributed by atoms with Gasteiger partial charge in [-0.25, -0.2) is 4.68 Å². The van der Waals surface area contributed by atoms with E-state index in [9.17, 15) is 0 Å². The summed E-state index contributed by atoms with van der Waals surface area (Å²) in [5.41, 5.74) is 0.656. The predicted molar refractivity (Wildman–Crippen MR) is 88.7 cm³/mol. The van der Waals surface area contributed by atoms with Crippen LogP contribution in [-0.2, 0) is 6.67 Å². The fourth-order valence-corrected chi connectivity index (χ4v) is 3.79. The number of hydrogen-bond donors (Lipinski definition) is 0. The maximum Gasteiger partial charge on any atom is 0.203 e. The van der Waals surface area contributed by atoms with E-state index in [4.69, 9.17) is 35.4 Å². The maximum atomic E-state index is 6.21. The summed E-state index contributed by atoms with van der Waals surface area (Å²) >= 11 is 17.8. The molecule has 0 saturated carbocycles. The van der Waals surface area contributed by atoms with Crippen LogP contribution in [0, 0.1) is 4.77 Å². The van der Waals surface area contributed by atoms with Crippen molar-refractivity contribution in [3.05, 3.63) is 27.1 Å². The van der Waals surface area contributed by atoms with Gasteiger partial charge in [-0.3, -0.25) is 9.30 Å². The molecule has 2 aromatic heterocycles. The minimum atomic E-state index is 0.520. The summed E-state index contributed by atoms with van der Waals surface area (Å²) in [5, 5.41) is 5.64. The molecule has 21 heavy (non-hydrogen) atoms. The number of hydrogen-bond acceptors (Lipinski definition) is 3. The molecule has 4 nitrogen and oxygen atoms in total. The SMILES string of the molecule is C[C@@H]1CCC[C@@H](C)N1Cn1nc2c(Cl)cc(Cl)cn2c1=S. The molecule has 1 aliphatic heterocycles. The lowest BCUT2D eigenvalue weighted by atomic mass is 9.98. The van der Waals surface area contributed by atoms with E-state index in [0.29, 0.717) is 39.2 Å². The highest BCUT2D eigenvalue weighted by molar-refractivity contribution is 7.71. The van der Waals surface area contributed by atoms with Gasteiger partial charge in [-0.05, 0) is 45.0 Å². The molecule has 3 rings (SSSR count). The van der Waals surface area contributed by atoms with E-state index in [2.05, 4.69) is 23.8 Å². The van der Waals surface area contributed by atoms with Crippen LogP contribution in [0.1, 0.15) is 33.1 Å². The minimum Gasteiger partial charge on any atom is -0.279 e. The first-order valence-electron chi connectivity index (χ1n) is 7.17. The first kappa shape index (κ1) is 15.3. The summed E-state index contributed by atoms with van der Waals surface area (Å²) in [7, 11) is 0. The summed E-state index contributed by atoms with van der Waals surface area (Å²) in [4.78, 5) is 2.45. The zero-order valence-electron chi connectivity index (χ0n) is 12.1. The second kappa shape index (κ2) is 5.88. The molecule has 3 heterocycles. The third kappa shape index (κ3) is 2.84. The Morgan fingerprint density at radius 3 is 2.62 bits per heavy atom. The van der Waals surface area contributed by atoms with Gasteiger partial charge in [0.2, 0.25) is 4.77 Å². The summed E-state index contributed by atoms with van der Waals surface area (Å²) in [6.07, 6.45) is 5.49. The van der Waals surface area contributed by atoms with Gasteiger partial charge in [-0.2, -0.15) is 0 Å². The number of rotatable bonds is 2. The van der Waals surface area contributed by atoms with Crippen LogP contribution in [0.5, 0.6) is 0 Å². The third-order valence-corrected chi connectivity index (χ3v) is 5.17. The fraction of sp³-hybridized carbons (Fsp3) is 0.571. The number of piperidine rings is 1. The van der Waals surface area contributed by atoms with Gasteiger partial charge in [0.05, 0.1) is 16.7 Å². The van der Waals surface area contributed by atoms with Crippen molar-refractivity contribution >= 4 is 41.1 Å². The lowest BCUT2D eigenvalue weighted by Gasteiger charge is -2.38. The fourth-order valence-electron chi connectivity index (χ4n) is 3.05. The van der Waals surface area contributed by atoms with Crippen molar-refractivity contribution in [2.24, 2.45) is 0 Å². The van der Waals surface area contributed by atoms with Gasteiger partial charge in [0.25, 0.3) is 0 Å². The lowest BCUT2D eigenvalue weighted by molar-refractivity contribution is 0.0637. The standard InChI is InChI=1S/C14H18Cl2N4S/c1-9-4-3-5-10(2)19(9)8-20-14(21)18-7-11(15)6-12(16)13(18)17-20/h6-7,9-10H,3-5,8H2,1-2H3/t9-,10-/m1/s1. The van der Waals surface area contributed by atoms with Gasteiger partial charge < -0.3 is 0 Å². The highest BCUT2D eigenvalue weighted by atomic mass is 35.5. The van der Waals surface area contributed by atoms with Gasteiger partial charge >= 0.3 is 0 Å². The zero-order valence-corrected chi connectivity index (χ0v) is 14.4. The lowest BCUT2D eigenvalue weighted by Crippen LogP contribution is -2.44. The van der Waals surface area contributed by atoms with Gasteiger partial charge in [0.1, 0.15) is 0 Å². The molecule has 0 N–H and O–H groups in total. The highest BCUT2D eigenvalue weighted by Crippen LogP contribution is 2.25. The molecule has 7 heteroatoms. The van der Waals surface area contributed by atoms with Crippen LogP contribution in [-0.4, -0.2) is 31.2 Å². The van der Waals surface area contributed by atoms with E-state index < -0.39 is 0 Å². The summed E-state index contributed by atoms with van der Waals surface area (Å²) in [6.45, 7) is 5.22. The first-order chi connectivity index (χ1) is 9.97. The van der Waals surface area contributed by atoms with E-state index >= 15 is 0 Å². The van der Waals surface area contributed by atoms with Gasteiger partial charge in [0, 0.05) is 18.3 Å². The molecule has 0 bridgehead atoms. The Hall–Kier alpha value is -0.620. The molecule has 0 aliphatic carbocycles. The van der Waals surface area contributed by atoms with Crippen LogP contribution in [0.2, 0.25) is 10.0 Å². The van der Waals surface area contributed by atoms with E-state index in [0.717, 1.165) is 0 Å². The Kier molecular flexibility index (Phi) is 4.28. The molecule has 1 saturated heterocycles. The number of aromatic nitrogens is 3. The molecular weight excluding hydrogens is 327 g/mol. The van der Waals surface area contributed by atoms with Crippen LogP contribution >= 0.6 is 35.4 Å². The van der Waals surface area contributed by atoms with Crippen molar-refractivity contribution in [1.82, 2.24) is 19.1 Å². The zero-order chi connectivity index (χ0) is 15.1. The largest absolute Gasteiger partial charge is 0.279 e. The molecule has 114 valence electrons. The number of nitrogens with zero attached hydrogens (tertiary/aromatic N) is 4. The molecular formula is C14H18Cl2N4S. The minimum absolute atomic E-state index is 0.520. The van der Waals surface area contributed by atoms with Gasteiger partial charge in [-0.1, -0.05) is 29.6 Å². The second-order valence-electron chi connectivity index (χ2n) is 5.77. The number of halogens is 2. The highest BCUT2D eigenvalue weighted by Gasteiger charge is 2.25. The second-order valence-corrected chi connectivity index (χ2v) is 6.98. The molecule has 0 radical (unpaired) electrons. The Morgan fingerprint density at radius 1 is 1.29 bits per heavy atom. The Bertz CT molecular complexity index is 714. The molecule has 0 amide bonds. The Morgan fingerprint density at radius 2 is 1.95 bits per heavy atom. The van der Waals surface area contributed by atoms with E-state index in [1.165, 1.54) is 19.3 Å². The van der Waals surface area contributed by atoms with E-state index in [1.54, 1.807) is 16.7 Å². The Labute approximate surface area is 139 Å². The van der Waals surface area contributed by atoms with Crippen LogP contribution < -0.4 is 0 Å². The van der Waals surface area contributed by atoms with Crippen LogP contribution in [0.4, 0.5) is 0 Å². The molecule has 2 aromatic rings. The van der Waals surface area contributed by atoms with Crippen molar-refractivity contribution in [3.63, 3.8) is 0 Å². The van der Waals surface area contributed by atoms with Gasteiger partial charge in [-0.15, -0.1) is 5.10 Å². The molecule has 0 aromatic carbocycles. The number of fused-ring (bicyclic) bond motifs is 1. The number of pyridine rings is 1. The van der Waals surface area contributed by atoms with Crippen LogP contribution in [0.25, 0.3) is 5.65 Å². The van der Waals surface area contributed by atoms with E-state index in [-0.39, 0.29) is 0 Å². The smallest absolute Gasteiger partial charge is 0.203 e.